The molecule has 1 aliphatic rings. The van der Waals surface area contributed by atoms with Crippen LogP contribution in [0.2, 0.25) is 0 Å². The first-order chi connectivity index (χ1) is 7.59. The van der Waals surface area contributed by atoms with Crippen molar-refractivity contribution in [2.45, 2.75) is 51.2 Å². The van der Waals surface area contributed by atoms with Gasteiger partial charge in [-0.25, -0.2) is 4.98 Å². The number of hydrogen-bond donors (Lipinski definition) is 2. The lowest BCUT2D eigenvalue weighted by atomic mass is 10.0. The maximum Gasteiger partial charge on any atom is 0.0898 e. The van der Waals surface area contributed by atoms with E-state index in [1.54, 1.807) is 11.3 Å². The Bertz CT molecular complexity index is 345. The third-order valence-corrected chi connectivity index (χ3v) is 4.14. The van der Waals surface area contributed by atoms with E-state index in [1.807, 2.05) is 6.92 Å². The number of rotatable bonds is 4. The fourth-order valence-corrected chi connectivity index (χ4v) is 2.94. The quantitative estimate of drug-likeness (QED) is 0.849. The first-order valence-electron chi connectivity index (χ1n) is 5.97. The Morgan fingerprint density at radius 3 is 2.81 bits per heavy atom. The molecule has 0 aromatic carbocycles. The molecular formula is C12H20N2OS. The molecule has 0 spiro atoms. The van der Waals surface area contributed by atoms with Gasteiger partial charge in [0.05, 0.1) is 16.3 Å². The standard InChI is InChI=1S/C12H20N2OS/c1-9(11-7-16-10(2)14-11)13-8-12(15)5-3-4-6-12/h7,9,13,15H,3-6,8H2,1-2H3. The summed E-state index contributed by atoms with van der Waals surface area (Å²) in [5, 5.41) is 16.8. The van der Waals surface area contributed by atoms with E-state index in [-0.39, 0.29) is 6.04 Å². The van der Waals surface area contributed by atoms with Crippen LogP contribution in [-0.4, -0.2) is 22.2 Å². The average Bonchev–Trinajstić information content (AvgIpc) is 2.85. The Labute approximate surface area is 101 Å². The SMILES string of the molecule is Cc1nc(C(C)NCC2(O)CCCC2)cs1. The van der Waals surface area contributed by atoms with Crippen LogP contribution in [0.4, 0.5) is 0 Å². The van der Waals surface area contributed by atoms with E-state index in [0.717, 1.165) is 36.4 Å². The van der Waals surface area contributed by atoms with Crippen molar-refractivity contribution in [1.29, 1.82) is 0 Å². The van der Waals surface area contributed by atoms with Crippen molar-refractivity contribution in [3.63, 3.8) is 0 Å². The van der Waals surface area contributed by atoms with Crippen molar-refractivity contribution in [2.75, 3.05) is 6.54 Å². The molecule has 1 unspecified atom stereocenters. The van der Waals surface area contributed by atoms with Gasteiger partial charge in [-0.3, -0.25) is 0 Å². The molecule has 16 heavy (non-hydrogen) atoms. The topological polar surface area (TPSA) is 45.2 Å². The van der Waals surface area contributed by atoms with Crippen molar-refractivity contribution in [3.8, 4) is 0 Å². The zero-order chi connectivity index (χ0) is 11.6. The molecule has 2 rings (SSSR count). The normalized spacial score (nSPS) is 21.2. The van der Waals surface area contributed by atoms with Gasteiger partial charge in [-0.05, 0) is 26.7 Å². The number of hydrogen-bond acceptors (Lipinski definition) is 4. The first kappa shape index (κ1) is 12.0. The Kier molecular flexibility index (Phi) is 3.62. The van der Waals surface area contributed by atoms with E-state index in [0.29, 0.717) is 6.54 Å². The van der Waals surface area contributed by atoms with Crippen LogP contribution in [-0.2, 0) is 0 Å². The van der Waals surface area contributed by atoms with E-state index in [2.05, 4.69) is 22.6 Å². The van der Waals surface area contributed by atoms with Crippen molar-refractivity contribution in [2.24, 2.45) is 0 Å². The molecule has 1 aromatic heterocycles. The second-order valence-corrected chi connectivity index (χ2v) is 5.89. The predicted octanol–water partition coefficient (Wildman–Crippen LogP) is 2.41. The number of nitrogens with one attached hydrogen (secondary N) is 1. The Morgan fingerprint density at radius 2 is 2.25 bits per heavy atom. The number of aromatic nitrogens is 1. The Balaban J connectivity index is 1.86. The summed E-state index contributed by atoms with van der Waals surface area (Å²) in [4.78, 5) is 4.45. The molecule has 1 saturated carbocycles. The summed E-state index contributed by atoms with van der Waals surface area (Å²) in [6.45, 7) is 4.81. The van der Waals surface area contributed by atoms with Gasteiger partial charge in [0.2, 0.25) is 0 Å². The molecule has 1 heterocycles. The number of nitrogens with zero attached hydrogens (tertiary/aromatic N) is 1. The van der Waals surface area contributed by atoms with Gasteiger partial charge in [0.25, 0.3) is 0 Å². The van der Waals surface area contributed by atoms with E-state index in [9.17, 15) is 5.11 Å². The van der Waals surface area contributed by atoms with Crippen LogP contribution in [0.15, 0.2) is 5.38 Å². The van der Waals surface area contributed by atoms with Crippen LogP contribution >= 0.6 is 11.3 Å². The predicted molar refractivity (Wildman–Crippen MR) is 66.7 cm³/mol. The smallest absolute Gasteiger partial charge is 0.0898 e. The third-order valence-electron chi connectivity index (χ3n) is 3.35. The fraction of sp³-hybridized carbons (Fsp3) is 0.750. The molecule has 0 aliphatic heterocycles. The van der Waals surface area contributed by atoms with Gasteiger partial charge in [-0.2, -0.15) is 0 Å². The van der Waals surface area contributed by atoms with Crippen molar-refractivity contribution >= 4 is 11.3 Å². The second-order valence-electron chi connectivity index (χ2n) is 4.83. The van der Waals surface area contributed by atoms with Gasteiger partial charge >= 0.3 is 0 Å². The van der Waals surface area contributed by atoms with E-state index >= 15 is 0 Å². The maximum atomic E-state index is 10.2. The highest BCUT2D eigenvalue weighted by Crippen LogP contribution is 2.29. The number of aryl methyl sites for hydroxylation is 1. The molecule has 4 heteroatoms. The minimum atomic E-state index is -0.473. The summed E-state index contributed by atoms with van der Waals surface area (Å²) in [5.74, 6) is 0. The summed E-state index contributed by atoms with van der Waals surface area (Å²) >= 11 is 1.68. The third kappa shape index (κ3) is 2.81. The van der Waals surface area contributed by atoms with Crippen LogP contribution in [0, 0.1) is 6.92 Å². The van der Waals surface area contributed by atoms with Crippen LogP contribution in [0.25, 0.3) is 0 Å². The highest BCUT2D eigenvalue weighted by Gasteiger charge is 2.31. The van der Waals surface area contributed by atoms with E-state index in [1.165, 1.54) is 0 Å². The molecule has 1 aromatic rings. The van der Waals surface area contributed by atoms with Crippen molar-refractivity contribution in [1.82, 2.24) is 10.3 Å². The van der Waals surface area contributed by atoms with Crippen molar-refractivity contribution in [3.05, 3.63) is 16.1 Å². The largest absolute Gasteiger partial charge is 0.389 e. The monoisotopic (exact) mass is 240 g/mol. The Hall–Kier alpha value is -0.450. The van der Waals surface area contributed by atoms with Crippen LogP contribution < -0.4 is 5.32 Å². The average molecular weight is 240 g/mol. The van der Waals surface area contributed by atoms with Gasteiger partial charge in [-0.1, -0.05) is 12.8 Å². The van der Waals surface area contributed by atoms with Crippen LogP contribution in [0.3, 0.4) is 0 Å². The molecule has 1 fully saturated rings. The molecule has 0 bridgehead atoms. The van der Waals surface area contributed by atoms with E-state index < -0.39 is 5.60 Å². The fourth-order valence-electron chi connectivity index (χ4n) is 2.24. The van der Waals surface area contributed by atoms with Gasteiger partial charge in [0.15, 0.2) is 0 Å². The molecule has 0 saturated heterocycles. The van der Waals surface area contributed by atoms with Gasteiger partial charge in [0.1, 0.15) is 0 Å². The summed E-state index contributed by atoms with van der Waals surface area (Å²) in [5.41, 5.74) is 0.614. The molecule has 0 radical (unpaired) electrons. The summed E-state index contributed by atoms with van der Waals surface area (Å²) < 4.78 is 0. The zero-order valence-electron chi connectivity index (χ0n) is 9.99. The van der Waals surface area contributed by atoms with Crippen LogP contribution in [0.5, 0.6) is 0 Å². The second kappa shape index (κ2) is 4.82. The summed E-state index contributed by atoms with van der Waals surface area (Å²) in [7, 11) is 0. The van der Waals surface area contributed by atoms with Gasteiger partial charge in [-0.15, -0.1) is 11.3 Å². The lowest BCUT2D eigenvalue weighted by Gasteiger charge is -2.24. The lowest BCUT2D eigenvalue weighted by Crippen LogP contribution is -2.39. The molecule has 90 valence electrons. The molecule has 1 atom stereocenters. The molecule has 3 nitrogen and oxygen atoms in total. The highest BCUT2D eigenvalue weighted by molar-refractivity contribution is 7.09. The maximum absolute atomic E-state index is 10.2. The van der Waals surface area contributed by atoms with E-state index in [4.69, 9.17) is 0 Å². The Morgan fingerprint density at radius 1 is 1.56 bits per heavy atom. The van der Waals surface area contributed by atoms with Crippen LogP contribution in [0.1, 0.15) is 49.4 Å². The minimum Gasteiger partial charge on any atom is -0.389 e. The number of thiazole rings is 1. The number of aliphatic hydroxyl groups is 1. The lowest BCUT2D eigenvalue weighted by molar-refractivity contribution is 0.0452. The summed E-state index contributed by atoms with van der Waals surface area (Å²) in [6, 6.07) is 0.231. The molecule has 2 N–H and O–H groups in total. The summed E-state index contributed by atoms with van der Waals surface area (Å²) in [6.07, 6.45) is 4.18. The molecular weight excluding hydrogens is 220 g/mol. The van der Waals surface area contributed by atoms with Gasteiger partial charge < -0.3 is 10.4 Å². The molecule has 0 amide bonds. The van der Waals surface area contributed by atoms with Crippen molar-refractivity contribution < 1.29 is 5.11 Å². The minimum absolute atomic E-state index is 0.231. The molecule has 1 aliphatic carbocycles. The first-order valence-corrected chi connectivity index (χ1v) is 6.85. The zero-order valence-corrected chi connectivity index (χ0v) is 10.8. The highest BCUT2D eigenvalue weighted by atomic mass is 32.1. The van der Waals surface area contributed by atoms with Gasteiger partial charge in [0, 0.05) is 18.0 Å².